The van der Waals surface area contributed by atoms with Crippen LogP contribution in [0.5, 0.6) is 0 Å². The summed E-state index contributed by atoms with van der Waals surface area (Å²) in [5.41, 5.74) is 1.76. The van der Waals surface area contributed by atoms with Crippen molar-refractivity contribution in [1.29, 1.82) is 0 Å². The highest BCUT2D eigenvalue weighted by Crippen LogP contribution is 2.09. The van der Waals surface area contributed by atoms with E-state index in [9.17, 15) is 0 Å². The maximum absolute atomic E-state index is 5.01. The van der Waals surface area contributed by atoms with Crippen LogP contribution in [0.2, 0.25) is 0 Å². The second-order valence-electron chi connectivity index (χ2n) is 2.82. The van der Waals surface area contributed by atoms with E-state index in [1.807, 2.05) is 38.1 Å². The number of fused-ring (bicyclic) bond motifs is 1. The van der Waals surface area contributed by atoms with Crippen molar-refractivity contribution in [3.05, 3.63) is 30.7 Å². The Labute approximate surface area is 92.3 Å². The van der Waals surface area contributed by atoms with Crippen LogP contribution in [-0.2, 0) is 0 Å². The van der Waals surface area contributed by atoms with Gasteiger partial charge in [-0.15, -0.1) is 0 Å². The van der Waals surface area contributed by atoms with Crippen molar-refractivity contribution in [3.63, 3.8) is 0 Å². The first-order valence-electron chi connectivity index (χ1n) is 5.66. The van der Waals surface area contributed by atoms with Gasteiger partial charge in [0.15, 0.2) is 12.0 Å². The predicted octanol–water partition coefficient (Wildman–Crippen LogP) is 4.66. The number of oxazole rings is 1. The van der Waals surface area contributed by atoms with E-state index in [1.165, 1.54) is 19.2 Å². The maximum atomic E-state index is 5.01. The fourth-order valence-corrected chi connectivity index (χ4v) is 0.803. The predicted molar refractivity (Wildman–Crippen MR) is 65.9 cm³/mol. The molecule has 0 aliphatic rings. The Balaban J connectivity index is 0.000000282. The van der Waals surface area contributed by atoms with Gasteiger partial charge in [-0.2, -0.15) is 0 Å². The molecule has 0 fully saturated rings. The van der Waals surface area contributed by atoms with E-state index in [2.05, 4.69) is 18.8 Å². The van der Waals surface area contributed by atoms with Crippen molar-refractivity contribution in [2.24, 2.45) is 0 Å². The molecule has 0 unspecified atom stereocenters. The van der Waals surface area contributed by atoms with E-state index in [0.717, 1.165) is 11.1 Å². The molecule has 2 rings (SSSR count). The van der Waals surface area contributed by atoms with Crippen molar-refractivity contribution < 1.29 is 4.42 Å². The highest BCUT2D eigenvalue weighted by atomic mass is 16.3. The average Bonchev–Trinajstić information content (AvgIpc) is 2.80. The molecule has 2 aromatic rings. The minimum atomic E-state index is 0.845. The second-order valence-corrected chi connectivity index (χ2v) is 2.82. The summed E-state index contributed by atoms with van der Waals surface area (Å²) in [7, 11) is 0. The lowest BCUT2D eigenvalue weighted by atomic mass is 10.3. The van der Waals surface area contributed by atoms with Crippen LogP contribution < -0.4 is 0 Å². The largest absolute Gasteiger partial charge is 0.443 e. The SMILES string of the molecule is CC.CCCC.c1ccc2ocnc2c1. The molecule has 1 aromatic carbocycles. The first-order valence-corrected chi connectivity index (χ1v) is 5.66. The lowest BCUT2D eigenvalue weighted by Crippen LogP contribution is -1.61. The molecule has 0 aliphatic heterocycles. The molecule has 2 heteroatoms. The summed E-state index contributed by atoms with van der Waals surface area (Å²) >= 11 is 0. The molecule has 1 aromatic heterocycles. The molecule has 0 N–H and O–H groups in total. The molecule has 0 saturated heterocycles. The Bertz CT molecular complexity index is 309. The van der Waals surface area contributed by atoms with Gasteiger partial charge in [0, 0.05) is 0 Å². The number of nitrogens with zero attached hydrogens (tertiary/aromatic N) is 1. The lowest BCUT2D eigenvalue weighted by Gasteiger charge is -1.79. The molecule has 0 amide bonds. The van der Waals surface area contributed by atoms with Crippen LogP contribution >= 0.6 is 0 Å². The smallest absolute Gasteiger partial charge is 0.181 e. The van der Waals surface area contributed by atoms with E-state index in [0.29, 0.717) is 0 Å². The monoisotopic (exact) mass is 207 g/mol. The summed E-state index contributed by atoms with van der Waals surface area (Å²) in [4.78, 5) is 3.95. The summed E-state index contributed by atoms with van der Waals surface area (Å²) in [5.74, 6) is 0. The lowest BCUT2D eigenvalue weighted by molar-refractivity contribution is 0.602. The zero-order chi connectivity index (χ0) is 11.5. The Hall–Kier alpha value is -1.31. The van der Waals surface area contributed by atoms with Gasteiger partial charge in [0.2, 0.25) is 0 Å². The van der Waals surface area contributed by atoms with E-state index < -0.39 is 0 Å². The molecular weight excluding hydrogens is 186 g/mol. The molecule has 0 aliphatic carbocycles. The van der Waals surface area contributed by atoms with Gasteiger partial charge in [0.25, 0.3) is 0 Å². The van der Waals surface area contributed by atoms with E-state index in [4.69, 9.17) is 4.42 Å². The highest BCUT2D eigenvalue weighted by molar-refractivity contribution is 5.71. The van der Waals surface area contributed by atoms with Crippen LogP contribution in [-0.4, -0.2) is 4.98 Å². The molecule has 15 heavy (non-hydrogen) atoms. The molecule has 0 radical (unpaired) electrons. The zero-order valence-electron chi connectivity index (χ0n) is 10.2. The molecule has 1 heterocycles. The van der Waals surface area contributed by atoms with Gasteiger partial charge in [-0.05, 0) is 12.1 Å². The van der Waals surface area contributed by atoms with Crippen LogP contribution in [0.4, 0.5) is 0 Å². The van der Waals surface area contributed by atoms with Gasteiger partial charge in [0.05, 0.1) is 0 Å². The van der Waals surface area contributed by atoms with Crippen LogP contribution in [0.15, 0.2) is 35.1 Å². The highest BCUT2D eigenvalue weighted by Gasteiger charge is 1.91. The summed E-state index contributed by atoms with van der Waals surface area (Å²) in [6.45, 7) is 8.36. The third kappa shape index (κ3) is 5.21. The summed E-state index contributed by atoms with van der Waals surface area (Å²) < 4.78 is 5.01. The molecular formula is C13H21NO. The number of aromatic nitrogens is 1. The first-order chi connectivity index (χ1) is 7.38. The molecule has 2 nitrogen and oxygen atoms in total. The summed E-state index contributed by atoms with van der Waals surface area (Å²) in [6, 6.07) is 7.67. The van der Waals surface area contributed by atoms with Gasteiger partial charge in [-0.1, -0.05) is 52.7 Å². The molecule has 0 atom stereocenters. The Morgan fingerprint density at radius 1 is 1.07 bits per heavy atom. The van der Waals surface area contributed by atoms with Crippen molar-refractivity contribution >= 4 is 11.1 Å². The molecule has 0 bridgehead atoms. The van der Waals surface area contributed by atoms with Crippen LogP contribution in [0.25, 0.3) is 11.1 Å². The van der Waals surface area contributed by atoms with Gasteiger partial charge in [0.1, 0.15) is 5.52 Å². The summed E-state index contributed by atoms with van der Waals surface area (Å²) in [5, 5.41) is 0. The standard InChI is InChI=1S/C7H5NO.C4H10.C2H6/c1-2-4-7-6(3-1)8-5-9-7;1-3-4-2;1-2/h1-5H;3-4H2,1-2H3;1-2H3. The van der Waals surface area contributed by atoms with Crippen molar-refractivity contribution in [2.75, 3.05) is 0 Å². The summed E-state index contributed by atoms with van der Waals surface area (Å²) in [6.07, 6.45) is 4.09. The average molecular weight is 207 g/mol. The van der Waals surface area contributed by atoms with E-state index in [1.54, 1.807) is 0 Å². The Kier molecular flexibility index (Phi) is 8.44. The normalized spacial score (nSPS) is 8.53. The Morgan fingerprint density at radius 3 is 2.20 bits per heavy atom. The van der Waals surface area contributed by atoms with Crippen LogP contribution in [0.3, 0.4) is 0 Å². The minimum Gasteiger partial charge on any atom is -0.443 e. The third-order valence-electron chi connectivity index (χ3n) is 1.74. The minimum absolute atomic E-state index is 0.845. The van der Waals surface area contributed by atoms with Crippen LogP contribution in [0.1, 0.15) is 40.5 Å². The number of unbranched alkanes of at least 4 members (excludes halogenated alkanes) is 1. The Morgan fingerprint density at radius 2 is 1.67 bits per heavy atom. The number of hydrogen-bond acceptors (Lipinski definition) is 2. The first kappa shape index (κ1) is 13.7. The molecule has 0 saturated carbocycles. The second kappa shape index (κ2) is 9.25. The number of benzene rings is 1. The van der Waals surface area contributed by atoms with Gasteiger partial charge in [-0.3, -0.25) is 0 Å². The van der Waals surface area contributed by atoms with Crippen molar-refractivity contribution in [3.8, 4) is 0 Å². The van der Waals surface area contributed by atoms with Crippen molar-refractivity contribution in [1.82, 2.24) is 4.98 Å². The van der Waals surface area contributed by atoms with Crippen molar-refractivity contribution in [2.45, 2.75) is 40.5 Å². The van der Waals surface area contributed by atoms with Gasteiger partial charge < -0.3 is 4.42 Å². The van der Waals surface area contributed by atoms with Crippen LogP contribution in [0, 0.1) is 0 Å². The van der Waals surface area contributed by atoms with Gasteiger partial charge >= 0.3 is 0 Å². The fraction of sp³-hybridized carbons (Fsp3) is 0.462. The quantitative estimate of drug-likeness (QED) is 0.679. The topological polar surface area (TPSA) is 26.0 Å². The van der Waals surface area contributed by atoms with E-state index in [-0.39, 0.29) is 0 Å². The number of para-hydroxylation sites is 2. The van der Waals surface area contributed by atoms with Gasteiger partial charge in [-0.25, -0.2) is 4.98 Å². The zero-order valence-corrected chi connectivity index (χ0v) is 10.2. The maximum Gasteiger partial charge on any atom is 0.181 e. The number of rotatable bonds is 1. The molecule has 0 spiro atoms. The molecule has 84 valence electrons. The van der Waals surface area contributed by atoms with E-state index >= 15 is 0 Å². The third-order valence-corrected chi connectivity index (χ3v) is 1.74. The fourth-order valence-electron chi connectivity index (χ4n) is 0.803. The number of hydrogen-bond donors (Lipinski definition) is 0.